The number of para-hydroxylation sites is 1. The number of anilines is 1. The Bertz CT molecular complexity index is 1140. The first-order chi connectivity index (χ1) is 12.7. The lowest BCUT2D eigenvalue weighted by molar-refractivity contribution is 0.654. The number of thiophene rings is 2. The van der Waals surface area contributed by atoms with Crippen molar-refractivity contribution in [1.29, 1.82) is 0 Å². The van der Waals surface area contributed by atoms with Crippen LogP contribution in [0.1, 0.15) is 24.4 Å². The second kappa shape index (κ2) is 6.07. The highest BCUT2D eigenvalue weighted by atomic mass is 32.1. The van der Waals surface area contributed by atoms with Crippen molar-refractivity contribution in [3.63, 3.8) is 0 Å². The normalized spacial score (nSPS) is 14.7. The van der Waals surface area contributed by atoms with Crippen LogP contribution in [0.4, 0.5) is 5.69 Å². The predicted molar refractivity (Wildman–Crippen MR) is 109 cm³/mol. The van der Waals surface area contributed by atoms with Crippen LogP contribution in [-0.4, -0.2) is 16.5 Å². The van der Waals surface area contributed by atoms with Gasteiger partial charge in [-0.15, -0.1) is 22.7 Å². The molecule has 0 amide bonds. The fourth-order valence-electron chi connectivity index (χ4n) is 3.69. The van der Waals surface area contributed by atoms with Crippen molar-refractivity contribution < 1.29 is 0 Å². The van der Waals surface area contributed by atoms with E-state index in [2.05, 4.69) is 41.1 Å². The molecule has 1 aromatic carbocycles. The van der Waals surface area contributed by atoms with Crippen molar-refractivity contribution in [2.75, 3.05) is 11.4 Å². The van der Waals surface area contributed by atoms with Gasteiger partial charge in [-0.05, 0) is 36.4 Å². The van der Waals surface area contributed by atoms with E-state index in [1.165, 1.54) is 11.3 Å². The minimum atomic E-state index is -0.0472. The molecule has 3 aromatic heterocycles. The molecule has 1 aliphatic rings. The average molecular weight is 380 g/mol. The molecule has 0 spiro atoms. The molecule has 0 unspecified atom stereocenters. The summed E-state index contributed by atoms with van der Waals surface area (Å²) in [5.41, 5.74) is 3.54. The maximum Gasteiger partial charge on any atom is 0.260 e. The molecule has 0 aliphatic carbocycles. The molecular formula is C20H17N3OS2. The summed E-state index contributed by atoms with van der Waals surface area (Å²) < 4.78 is 0. The fourth-order valence-corrected chi connectivity index (χ4v) is 5.46. The molecule has 1 aliphatic heterocycles. The number of aromatic amines is 1. The number of H-pyrrole nitrogens is 1. The Morgan fingerprint density at radius 1 is 1.19 bits per heavy atom. The zero-order valence-corrected chi connectivity index (χ0v) is 15.9. The highest BCUT2D eigenvalue weighted by Gasteiger charge is 2.26. The molecular weight excluding hydrogens is 362 g/mol. The largest absolute Gasteiger partial charge is 0.361 e. The Kier molecular flexibility index (Phi) is 3.69. The number of nitrogens with zero attached hydrogens (tertiary/aromatic N) is 2. The number of fused-ring (bicyclic) bond motifs is 2. The maximum absolute atomic E-state index is 12.8. The molecule has 26 heavy (non-hydrogen) atoms. The molecule has 0 bridgehead atoms. The van der Waals surface area contributed by atoms with Gasteiger partial charge in [0, 0.05) is 28.1 Å². The van der Waals surface area contributed by atoms with Gasteiger partial charge in [0.15, 0.2) is 0 Å². The number of hydrogen-bond acceptors (Lipinski definition) is 5. The summed E-state index contributed by atoms with van der Waals surface area (Å²) in [5, 5.41) is 4.77. The molecule has 0 radical (unpaired) electrons. The maximum atomic E-state index is 12.8. The first-order valence-corrected chi connectivity index (χ1v) is 10.4. The summed E-state index contributed by atoms with van der Waals surface area (Å²) in [4.78, 5) is 24.9. The third kappa shape index (κ3) is 2.40. The van der Waals surface area contributed by atoms with Crippen LogP contribution in [0.25, 0.3) is 20.7 Å². The van der Waals surface area contributed by atoms with Crippen LogP contribution in [0.15, 0.2) is 52.0 Å². The lowest BCUT2D eigenvalue weighted by atomic mass is 10.1. The third-order valence-electron chi connectivity index (χ3n) is 5.04. The van der Waals surface area contributed by atoms with Gasteiger partial charge in [-0.2, -0.15) is 0 Å². The summed E-state index contributed by atoms with van der Waals surface area (Å²) in [7, 11) is 0. The van der Waals surface area contributed by atoms with E-state index < -0.39 is 0 Å². The Hall–Kier alpha value is -2.44. The second-order valence-electron chi connectivity index (χ2n) is 6.51. The molecule has 5 rings (SSSR count). The molecule has 4 aromatic rings. The Morgan fingerprint density at radius 2 is 2.08 bits per heavy atom. The smallest absolute Gasteiger partial charge is 0.260 e. The summed E-state index contributed by atoms with van der Waals surface area (Å²) in [6.07, 6.45) is 1.04. The van der Waals surface area contributed by atoms with Crippen molar-refractivity contribution in [3.05, 3.63) is 68.9 Å². The van der Waals surface area contributed by atoms with E-state index >= 15 is 0 Å². The number of rotatable bonds is 3. The van der Waals surface area contributed by atoms with Gasteiger partial charge in [-0.3, -0.25) is 4.79 Å². The van der Waals surface area contributed by atoms with E-state index in [0.717, 1.165) is 34.1 Å². The average Bonchev–Trinajstić information content (AvgIpc) is 3.39. The SMILES string of the molecule is C[C@@H](c1nc2scc(-c3cccs3)c2c(=O)[nH]1)N1CCc2ccccc21. The lowest BCUT2D eigenvalue weighted by Crippen LogP contribution is -2.27. The monoisotopic (exact) mass is 379 g/mol. The van der Waals surface area contributed by atoms with Crippen LogP contribution < -0.4 is 10.5 Å². The molecule has 0 saturated carbocycles. The molecule has 0 fully saturated rings. The first-order valence-electron chi connectivity index (χ1n) is 8.62. The fraction of sp³-hybridized carbons (Fsp3) is 0.200. The zero-order chi connectivity index (χ0) is 17.7. The Morgan fingerprint density at radius 3 is 2.92 bits per heavy atom. The van der Waals surface area contributed by atoms with Crippen LogP contribution in [-0.2, 0) is 6.42 Å². The van der Waals surface area contributed by atoms with Gasteiger partial charge >= 0.3 is 0 Å². The van der Waals surface area contributed by atoms with E-state index in [1.54, 1.807) is 22.7 Å². The van der Waals surface area contributed by atoms with Crippen LogP contribution >= 0.6 is 22.7 Å². The summed E-state index contributed by atoms with van der Waals surface area (Å²) in [5.74, 6) is 0.735. The summed E-state index contributed by atoms with van der Waals surface area (Å²) in [6, 6.07) is 12.6. The Balaban J connectivity index is 1.58. The number of nitrogens with one attached hydrogen (secondary N) is 1. The van der Waals surface area contributed by atoms with Gasteiger partial charge in [0.25, 0.3) is 5.56 Å². The predicted octanol–water partition coefficient (Wildman–Crippen LogP) is 4.84. The summed E-state index contributed by atoms with van der Waals surface area (Å²) in [6.45, 7) is 3.06. The van der Waals surface area contributed by atoms with Gasteiger partial charge in [0.1, 0.15) is 10.7 Å². The van der Waals surface area contributed by atoms with Gasteiger partial charge < -0.3 is 9.88 Å². The topological polar surface area (TPSA) is 49.0 Å². The first kappa shape index (κ1) is 15.8. The van der Waals surface area contributed by atoms with Crippen LogP contribution in [0.3, 0.4) is 0 Å². The molecule has 6 heteroatoms. The second-order valence-corrected chi connectivity index (χ2v) is 8.31. The number of hydrogen-bond donors (Lipinski definition) is 1. The molecule has 4 heterocycles. The van der Waals surface area contributed by atoms with Gasteiger partial charge in [-0.1, -0.05) is 24.3 Å². The quantitative estimate of drug-likeness (QED) is 0.554. The summed E-state index contributed by atoms with van der Waals surface area (Å²) >= 11 is 3.19. The van der Waals surface area contributed by atoms with Gasteiger partial charge in [0.05, 0.1) is 11.4 Å². The van der Waals surface area contributed by atoms with E-state index in [4.69, 9.17) is 4.98 Å². The van der Waals surface area contributed by atoms with Crippen LogP contribution in [0, 0.1) is 0 Å². The number of benzene rings is 1. The lowest BCUT2D eigenvalue weighted by Gasteiger charge is -2.26. The van der Waals surface area contributed by atoms with E-state index in [0.29, 0.717) is 5.39 Å². The van der Waals surface area contributed by atoms with Gasteiger partial charge in [-0.25, -0.2) is 4.98 Å². The third-order valence-corrected chi connectivity index (χ3v) is 6.81. The zero-order valence-electron chi connectivity index (χ0n) is 14.2. The van der Waals surface area contributed by atoms with Crippen LogP contribution in [0.5, 0.6) is 0 Å². The Labute approximate surface area is 158 Å². The van der Waals surface area contributed by atoms with E-state index in [1.807, 2.05) is 22.9 Å². The molecule has 0 saturated heterocycles. The molecule has 1 N–H and O–H groups in total. The minimum Gasteiger partial charge on any atom is -0.361 e. The van der Waals surface area contributed by atoms with E-state index in [9.17, 15) is 4.79 Å². The minimum absolute atomic E-state index is 0.0306. The van der Waals surface area contributed by atoms with Gasteiger partial charge in [0.2, 0.25) is 0 Å². The van der Waals surface area contributed by atoms with Crippen molar-refractivity contribution in [1.82, 2.24) is 9.97 Å². The molecule has 130 valence electrons. The standard InChI is InChI=1S/C20H17N3OS2/c1-12(23-9-8-13-5-2-3-6-15(13)23)18-21-19(24)17-14(11-26-20(17)22-18)16-7-4-10-25-16/h2-7,10-12H,8-9H2,1H3,(H,21,22,24)/t12-/m0/s1. The number of aromatic nitrogens is 2. The van der Waals surface area contributed by atoms with Crippen molar-refractivity contribution in [3.8, 4) is 10.4 Å². The highest BCUT2D eigenvalue weighted by Crippen LogP contribution is 2.36. The van der Waals surface area contributed by atoms with E-state index in [-0.39, 0.29) is 11.6 Å². The molecule has 4 nitrogen and oxygen atoms in total. The van der Waals surface area contributed by atoms with Crippen LogP contribution in [0.2, 0.25) is 0 Å². The van der Waals surface area contributed by atoms with Crippen molar-refractivity contribution in [2.24, 2.45) is 0 Å². The molecule has 1 atom stereocenters. The van der Waals surface area contributed by atoms with Crippen molar-refractivity contribution >= 4 is 38.6 Å². The highest BCUT2D eigenvalue weighted by molar-refractivity contribution is 7.18. The van der Waals surface area contributed by atoms with Crippen molar-refractivity contribution in [2.45, 2.75) is 19.4 Å².